The Kier molecular flexibility index (Phi) is 6.52. The van der Waals surface area contributed by atoms with Gasteiger partial charge in [0.15, 0.2) is 0 Å². The second-order valence-corrected chi connectivity index (χ2v) is 6.81. The summed E-state index contributed by atoms with van der Waals surface area (Å²) in [6, 6.07) is 9.85. The van der Waals surface area contributed by atoms with Crippen LogP contribution in [0.4, 0.5) is 20.2 Å². The maximum Gasteiger partial charge on any atom is 0.237 e. The Hall–Kier alpha value is -2.41. The van der Waals surface area contributed by atoms with Crippen molar-refractivity contribution in [2.24, 2.45) is 0 Å². The molecule has 0 bridgehead atoms. The molecule has 0 aliphatic carbocycles. The van der Waals surface area contributed by atoms with E-state index >= 15 is 0 Å². The van der Waals surface area contributed by atoms with Crippen molar-refractivity contribution in [3.63, 3.8) is 0 Å². The minimum Gasteiger partial charge on any atom is -0.325 e. The third-order valence-electron chi connectivity index (χ3n) is 3.34. The molecule has 0 heterocycles. The van der Waals surface area contributed by atoms with E-state index in [1.807, 2.05) is 0 Å². The van der Waals surface area contributed by atoms with Gasteiger partial charge in [-0.05, 0) is 55.8 Å². The summed E-state index contributed by atoms with van der Waals surface area (Å²) in [6.45, 7) is 3.44. The Balaban J connectivity index is 1.83. The molecule has 0 aliphatic heterocycles. The molecule has 0 saturated carbocycles. The van der Waals surface area contributed by atoms with Gasteiger partial charge in [-0.3, -0.25) is 9.59 Å². The van der Waals surface area contributed by atoms with Crippen LogP contribution in [0.1, 0.15) is 12.5 Å². The molecule has 0 aliphatic rings. The number of rotatable bonds is 6. The van der Waals surface area contributed by atoms with Crippen LogP contribution in [-0.4, -0.2) is 22.8 Å². The number of carbonyl (C=O) groups excluding carboxylic acids is 2. The maximum atomic E-state index is 13.7. The highest BCUT2D eigenvalue weighted by atomic mass is 32.2. The Labute approximate surface area is 149 Å². The number of amides is 2. The highest BCUT2D eigenvalue weighted by Gasteiger charge is 2.17. The van der Waals surface area contributed by atoms with Crippen LogP contribution in [0.25, 0.3) is 0 Å². The molecule has 25 heavy (non-hydrogen) atoms. The van der Waals surface area contributed by atoms with Crippen molar-refractivity contribution in [3.8, 4) is 0 Å². The normalized spacial score (nSPS) is 11.7. The van der Waals surface area contributed by atoms with E-state index in [1.165, 1.54) is 30.3 Å². The molecule has 0 aromatic heterocycles. The number of carbonyl (C=O) groups is 2. The first-order chi connectivity index (χ1) is 11.8. The van der Waals surface area contributed by atoms with Crippen LogP contribution in [0.5, 0.6) is 0 Å². The number of nitrogens with one attached hydrogen (secondary N) is 2. The quantitative estimate of drug-likeness (QED) is 0.815. The standard InChI is InChI=1S/C18H18F2N2O2S/c1-11-3-8-15(20)16(9-11)22-18(24)12(2)25-10-17(23)21-14-6-4-13(19)5-7-14/h3-9,12H,10H2,1-2H3,(H,21,23)(H,22,24). The van der Waals surface area contributed by atoms with E-state index in [0.717, 1.165) is 17.3 Å². The fourth-order valence-corrected chi connectivity index (χ4v) is 2.66. The van der Waals surface area contributed by atoms with Crippen molar-refractivity contribution < 1.29 is 18.4 Å². The average molecular weight is 364 g/mol. The predicted molar refractivity (Wildman–Crippen MR) is 96.7 cm³/mol. The molecule has 4 nitrogen and oxygen atoms in total. The summed E-state index contributed by atoms with van der Waals surface area (Å²) in [5.41, 5.74) is 1.43. The van der Waals surface area contributed by atoms with Crippen molar-refractivity contribution >= 4 is 35.0 Å². The van der Waals surface area contributed by atoms with Crippen molar-refractivity contribution in [3.05, 3.63) is 59.7 Å². The number of anilines is 2. The predicted octanol–water partition coefficient (Wildman–Crippen LogP) is 3.97. The molecular weight excluding hydrogens is 346 g/mol. The van der Waals surface area contributed by atoms with Gasteiger partial charge in [0.1, 0.15) is 11.6 Å². The fourth-order valence-electron chi connectivity index (χ4n) is 1.98. The highest BCUT2D eigenvalue weighted by molar-refractivity contribution is 8.01. The van der Waals surface area contributed by atoms with E-state index in [4.69, 9.17) is 0 Å². The zero-order valence-electron chi connectivity index (χ0n) is 13.8. The van der Waals surface area contributed by atoms with Gasteiger partial charge in [-0.2, -0.15) is 0 Å². The Morgan fingerprint density at radius 3 is 2.44 bits per heavy atom. The second kappa shape index (κ2) is 8.62. The van der Waals surface area contributed by atoms with Crippen LogP contribution in [0, 0.1) is 18.6 Å². The molecule has 2 aromatic rings. The van der Waals surface area contributed by atoms with Crippen molar-refractivity contribution in [1.82, 2.24) is 0 Å². The Morgan fingerprint density at radius 2 is 1.76 bits per heavy atom. The molecule has 0 fully saturated rings. The van der Waals surface area contributed by atoms with Gasteiger partial charge in [-0.25, -0.2) is 8.78 Å². The van der Waals surface area contributed by atoms with E-state index in [0.29, 0.717) is 5.69 Å². The number of hydrogen-bond acceptors (Lipinski definition) is 3. The van der Waals surface area contributed by atoms with Gasteiger partial charge >= 0.3 is 0 Å². The molecule has 1 atom stereocenters. The van der Waals surface area contributed by atoms with E-state index in [2.05, 4.69) is 10.6 Å². The number of benzene rings is 2. The highest BCUT2D eigenvalue weighted by Crippen LogP contribution is 2.19. The van der Waals surface area contributed by atoms with Crippen LogP contribution in [-0.2, 0) is 9.59 Å². The van der Waals surface area contributed by atoms with E-state index < -0.39 is 11.1 Å². The summed E-state index contributed by atoms with van der Waals surface area (Å²) in [5.74, 6) is -1.55. The molecule has 2 N–H and O–H groups in total. The molecule has 0 radical (unpaired) electrons. The lowest BCUT2D eigenvalue weighted by Crippen LogP contribution is -2.25. The van der Waals surface area contributed by atoms with Gasteiger partial charge in [-0.15, -0.1) is 11.8 Å². The first-order valence-electron chi connectivity index (χ1n) is 7.59. The number of hydrogen-bond donors (Lipinski definition) is 2. The van der Waals surface area contributed by atoms with Gasteiger partial charge in [0.25, 0.3) is 0 Å². The molecule has 0 saturated heterocycles. The first-order valence-corrected chi connectivity index (χ1v) is 8.64. The zero-order valence-corrected chi connectivity index (χ0v) is 14.6. The third kappa shape index (κ3) is 5.86. The molecule has 7 heteroatoms. The summed E-state index contributed by atoms with van der Waals surface area (Å²) in [5, 5.41) is 4.59. The van der Waals surface area contributed by atoms with Crippen molar-refractivity contribution in [2.75, 3.05) is 16.4 Å². The van der Waals surface area contributed by atoms with Crippen LogP contribution < -0.4 is 10.6 Å². The fraction of sp³-hybridized carbons (Fsp3) is 0.222. The van der Waals surface area contributed by atoms with Gasteiger partial charge in [-0.1, -0.05) is 6.07 Å². The van der Waals surface area contributed by atoms with Crippen LogP contribution in [0.2, 0.25) is 0 Å². The van der Waals surface area contributed by atoms with E-state index in [-0.39, 0.29) is 29.1 Å². The van der Waals surface area contributed by atoms with Gasteiger partial charge < -0.3 is 10.6 Å². The Bertz CT molecular complexity index is 766. The molecule has 0 spiro atoms. The topological polar surface area (TPSA) is 58.2 Å². The zero-order chi connectivity index (χ0) is 18.4. The SMILES string of the molecule is Cc1ccc(F)c(NC(=O)C(C)SCC(=O)Nc2ccc(F)cc2)c1. The monoisotopic (exact) mass is 364 g/mol. The van der Waals surface area contributed by atoms with Crippen LogP contribution in [0.3, 0.4) is 0 Å². The second-order valence-electron chi connectivity index (χ2n) is 5.48. The largest absolute Gasteiger partial charge is 0.325 e. The smallest absolute Gasteiger partial charge is 0.237 e. The number of aryl methyl sites for hydroxylation is 1. The van der Waals surface area contributed by atoms with Crippen LogP contribution in [0.15, 0.2) is 42.5 Å². The molecule has 2 amide bonds. The number of halogens is 2. The Morgan fingerprint density at radius 1 is 1.08 bits per heavy atom. The summed E-state index contributed by atoms with van der Waals surface area (Å²) >= 11 is 1.12. The summed E-state index contributed by atoms with van der Waals surface area (Å²) in [4.78, 5) is 24.0. The maximum absolute atomic E-state index is 13.7. The summed E-state index contributed by atoms with van der Waals surface area (Å²) < 4.78 is 26.5. The summed E-state index contributed by atoms with van der Waals surface area (Å²) in [6.07, 6.45) is 0. The van der Waals surface area contributed by atoms with E-state index in [1.54, 1.807) is 26.0 Å². The van der Waals surface area contributed by atoms with Gasteiger partial charge in [0.2, 0.25) is 11.8 Å². The average Bonchev–Trinajstić information content (AvgIpc) is 2.58. The van der Waals surface area contributed by atoms with Gasteiger partial charge in [0.05, 0.1) is 16.7 Å². The minimum absolute atomic E-state index is 0.0439. The molecule has 1 unspecified atom stereocenters. The lowest BCUT2D eigenvalue weighted by Gasteiger charge is -2.13. The molecule has 132 valence electrons. The molecule has 2 aromatic carbocycles. The van der Waals surface area contributed by atoms with Crippen LogP contribution >= 0.6 is 11.8 Å². The summed E-state index contributed by atoms with van der Waals surface area (Å²) in [7, 11) is 0. The minimum atomic E-state index is -0.543. The van der Waals surface area contributed by atoms with Gasteiger partial charge in [0, 0.05) is 5.69 Å². The molecular formula is C18H18F2N2O2S. The van der Waals surface area contributed by atoms with Crippen molar-refractivity contribution in [2.45, 2.75) is 19.1 Å². The lowest BCUT2D eigenvalue weighted by atomic mass is 10.2. The molecule has 2 rings (SSSR count). The third-order valence-corrected chi connectivity index (χ3v) is 4.48. The number of thioether (sulfide) groups is 1. The van der Waals surface area contributed by atoms with Crippen molar-refractivity contribution in [1.29, 1.82) is 0 Å². The van der Waals surface area contributed by atoms with E-state index in [9.17, 15) is 18.4 Å². The first kappa shape index (κ1) is 18.9. The lowest BCUT2D eigenvalue weighted by molar-refractivity contribution is -0.115.